The van der Waals surface area contributed by atoms with Gasteiger partial charge in [0.1, 0.15) is 12.5 Å². The third-order valence-corrected chi connectivity index (χ3v) is 1.06. The van der Waals surface area contributed by atoms with Crippen molar-refractivity contribution < 1.29 is 14.0 Å². The average molecular weight is 223 g/mol. The second-order valence-corrected chi connectivity index (χ2v) is 2.10. The first-order valence-corrected chi connectivity index (χ1v) is 4.15. The van der Waals surface area contributed by atoms with E-state index in [1.165, 1.54) is 24.9 Å². The third-order valence-electron chi connectivity index (χ3n) is 1.06. The highest BCUT2D eigenvalue weighted by Gasteiger charge is 1.72. The van der Waals surface area contributed by atoms with Gasteiger partial charge in [-0.2, -0.15) is 0 Å². The second-order valence-electron chi connectivity index (χ2n) is 2.10. The molecule has 8 heteroatoms. The van der Waals surface area contributed by atoms with Gasteiger partial charge in [-0.1, -0.05) is 10.3 Å². The number of hydrogen-bond donors (Lipinski definition) is 1. The lowest BCUT2D eigenvalue weighted by Crippen LogP contribution is -2.01. The van der Waals surface area contributed by atoms with Gasteiger partial charge < -0.3 is 9.36 Å². The van der Waals surface area contributed by atoms with Crippen molar-refractivity contribution in [3.8, 4) is 0 Å². The van der Waals surface area contributed by atoms with Crippen LogP contribution in [-0.4, -0.2) is 20.7 Å². The summed E-state index contributed by atoms with van der Waals surface area (Å²) in [5.74, 6) is 0. The lowest BCUT2D eigenvalue weighted by Gasteiger charge is -1.97. The number of allylic oxidation sites excluding steroid dienone is 2. The first-order valence-electron chi connectivity index (χ1n) is 4.15. The monoisotopic (exact) mass is 223 g/mol. The molecule has 2 aromatic heterocycles. The van der Waals surface area contributed by atoms with Gasteiger partial charge in [0.15, 0.2) is 0 Å². The molecule has 0 aromatic carbocycles. The Hall–Kier alpha value is -2.64. The molecular weight excluding hydrogens is 214 g/mol. The van der Waals surface area contributed by atoms with E-state index in [1.807, 2.05) is 6.08 Å². The zero-order valence-corrected chi connectivity index (χ0v) is 8.13. The van der Waals surface area contributed by atoms with Crippen LogP contribution in [0.1, 0.15) is 0 Å². The summed E-state index contributed by atoms with van der Waals surface area (Å²) in [4.78, 5) is 4.55. The average Bonchev–Trinajstić information content (AvgIpc) is 3.10. The minimum Gasteiger partial charge on any atom is -0.391 e. The number of aromatic nitrogens is 4. The van der Waals surface area contributed by atoms with Crippen LogP contribution in [0.3, 0.4) is 0 Å². The molecule has 8 nitrogen and oxygen atoms in total. The maximum absolute atomic E-state index is 4.55. The summed E-state index contributed by atoms with van der Waals surface area (Å²) in [7, 11) is 0. The summed E-state index contributed by atoms with van der Waals surface area (Å²) in [5.41, 5.74) is 2.52. The quantitative estimate of drug-likeness (QED) is 0.696. The molecule has 3 heterocycles. The van der Waals surface area contributed by atoms with Crippen molar-refractivity contribution in [3.05, 3.63) is 49.5 Å². The molecule has 3 rings (SSSR count). The van der Waals surface area contributed by atoms with Crippen molar-refractivity contribution in [3.63, 3.8) is 0 Å². The smallest absolute Gasteiger partial charge is 0.144 e. The molecule has 0 bridgehead atoms. The topological polar surface area (TPSA) is 99.1 Å². The van der Waals surface area contributed by atoms with Crippen LogP contribution in [0, 0.1) is 0 Å². The fourth-order valence-corrected chi connectivity index (χ4v) is 0.530. The fourth-order valence-electron chi connectivity index (χ4n) is 0.530. The van der Waals surface area contributed by atoms with E-state index in [0.29, 0.717) is 0 Å². The normalized spacial score (nSPS) is 11.0. The predicted octanol–water partition coefficient (Wildman–Crippen LogP) is 0.688. The second kappa shape index (κ2) is 8.94. The Bertz CT molecular complexity index is 298. The lowest BCUT2D eigenvalue weighted by molar-refractivity contribution is 0.172. The molecule has 0 saturated heterocycles. The lowest BCUT2D eigenvalue weighted by atomic mass is 10.6. The first kappa shape index (κ1) is 11.4. The predicted molar refractivity (Wildman–Crippen MR) is 51.1 cm³/mol. The number of hydroxylamine groups is 1. The van der Waals surface area contributed by atoms with Gasteiger partial charge >= 0.3 is 0 Å². The Morgan fingerprint density at radius 2 is 1.88 bits per heavy atom. The minimum absolute atomic E-state index is 1.40. The van der Waals surface area contributed by atoms with Gasteiger partial charge in [0.25, 0.3) is 0 Å². The fraction of sp³-hybridized carbons (Fsp3) is 0. The van der Waals surface area contributed by atoms with Crippen molar-refractivity contribution in [1.82, 2.24) is 26.2 Å². The van der Waals surface area contributed by atoms with E-state index >= 15 is 0 Å². The molecule has 0 fully saturated rings. The zero-order chi connectivity index (χ0) is 11.3. The largest absolute Gasteiger partial charge is 0.391 e. The number of hydrogen-bond acceptors (Lipinski definition) is 8. The van der Waals surface area contributed by atoms with E-state index in [-0.39, 0.29) is 0 Å². The Labute approximate surface area is 90.5 Å². The summed E-state index contributed by atoms with van der Waals surface area (Å²) in [6.45, 7) is 0. The maximum Gasteiger partial charge on any atom is 0.144 e. The first-order chi connectivity index (χ1) is 8.00. The van der Waals surface area contributed by atoms with Gasteiger partial charge in [-0.25, -0.2) is 10.1 Å². The van der Waals surface area contributed by atoms with Gasteiger partial charge in [0, 0.05) is 11.5 Å². The van der Waals surface area contributed by atoms with Crippen LogP contribution in [0.2, 0.25) is 0 Å². The van der Waals surface area contributed by atoms with Gasteiger partial charge in [-0.05, 0) is 12.2 Å². The van der Waals surface area contributed by atoms with Crippen molar-refractivity contribution in [2.75, 3.05) is 0 Å². The SMILES string of the molecule is C1=CNOC=C1.c1cnon1.c1conn1. The van der Waals surface area contributed by atoms with E-state index in [4.69, 9.17) is 0 Å². The van der Waals surface area contributed by atoms with Crippen LogP contribution in [0.4, 0.5) is 0 Å². The minimum atomic E-state index is 1.40. The molecule has 0 spiro atoms. The van der Waals surface area contributed by atoms with E-state index < -0.39 is 0 Å². The highest BCUT2D eigenvalue weighted by molar-refractivity contribution is 5.00. The Kier molecular flexibility index (Phi) is 6.39. The highest BCUT2D eigenvalue weighted by atomic mass is 16.6. The van der Waals surface area contributed by atoms with Crippen LogP contribution in [0.15, 0.2) is 58.6 Å². The molecule has 1 aliphatic rings. The third kappa shape index (κ3) is 6.83. The molecular formula is C8H9N5O3. The molecule has 0 unspecified atom stereocenters. The highest BCUT2D eigenvalue weighted by Crippen LogP contribution is 1.80. The summed E-state index contributed by atoms with van der Waals surface area (Å²) in [6.07, 6.45) is 12.8. The molecule has 0 atom stereocenters. The van der Waals surface area contributed by atoms with Crippen molar-refractivity contribution >= 4 is 0 Å². The molecule has 1 N–H and O–H groups in total. The zero-order valence-electron chi connectivity index (χ0n) is 8.13. The summed E-state index contributed by atoms with van der Waals surface area (Å²) < 4.78 is 8.31. The molecule has 16 heavy (non-hydrogen) atoms. The Balaban J connectivity index is 0.000000121. The standard InChI is InChI=1S/C4H5NO.2C2H2N2O/c1-2-4-6-5-3-1;1-2-5-4-3-1;1-2-4-5-3-1/h1-5H;2*1-2H. The molecule has 2 aromatic rings. The van der Waals surface area contributed by atoms with Crippen LogP contribution in [0.5, 0.6) is 0 Å². The van der Waals surface area contributed by atoms with E-state index in [9.17, 15) is 0 Å². The van der Waals surface area contributed by atoms with E-state index in [2.05, 4.69) is 40.2 Å². The van der Waals surface area contributed by atoms with Gasteiger partial charge in [-0.15, -0.1) is 5.10 Å². The summed E-state index contributed by atoms with van der Waals surface area (Å²) >= 11 is 0. The molecule has 1 aliphatic heterocycles. The number of nitrogens with zero attached hydrogens (tertiary/aromatic N) is 4. The van der Waals surface area contributed by atoms with Gasteiger partial charge in [0.2, 0.25) is 0 Å². The Morgan fingerprint density at radius 3 is 2.06 bits per heavy atom. The number of rotatable bonds is 0. The van der Waals surface area contributed by atoms with Crippen molar-refractivity contribution in [2.45, 2.75) is 0 Å². The van der Waals surface area contributed by atoms with Crippen molar-refractivity contribution in [2.24, 2.45) is 0 Å². The van der Waals surface area contributed by atoms with Crippen LogP contribution in [-0.2, 0) is 4.84 Å². The molecule has 0 radical (unpaired) electrons. The van der Waals surface area contributed by atoms with E-state index in [1.54, 1.807) is 18.5 Å². The van der Waals surface area contributed by atoms with Crippen LogP contribution >= 0.6 is 0 Å². The van der Waals surface area contributed by atoms with Crippen LogP contribution < -0.4 is 5.48 Å². The van der Waals surface area contributed by atoms with E-state index in [0.717, 1.165) is 0 Å². The molecule has 0 saturated carbocycles. The van der Waals surface area contributed by atoms with Crippen LogP contribution in [0.25, 0.3) is 0 Å². The maximum atomic E-state index is 4.55. The summed E-state index contributed by atoms with van der Waals surface area (Å²) in [5, 5.41) is 12.9. The number of nitrogens with one attached hydrogen (secondary N) is 1. The molecule has 0 amide bonds. The molecule has 84 valence electrons. The van der Waals surface area contributed by atoms with Crippen molar-refractivity contribution in [1.29, 1.82) is 0 Å². The molecule has 0 aliphatic carbocycles. The Morgan fingerprint density at radius 1 is 1.00 bits per heavy atom. The summed E-state index contributed by atoms with van der Waals surface area (Å²) in [6, 6.07) is 0. The van der Waals surface area contributed by atoms with Gasteiger partial charge in [0.05, 0.1) is 18.6 Å². The van der Waals surface area contributed by atoms with Gasteiger partial charge in [-0.3, -0.25) is 0 Å².